The maximum Gasteiger partial charge on any atom is 0.228 e. The summed E-state index contributed by atoms with van der Waals surface area (Å²) in [5, 5.41) is 7.20. The zero-order valence-corrected chi connectivity index (χ0v) is 14.6. The molecule has 0 aliphatic carbocycles. The van der Waals surface area contributed by atoms with Crippen molar-refractivity contribution in [1.29, 1.82) is 0 Å². The van der Waals surface area contributed by atoms with Crippen LogP contribution in [-0.4, -0.2) is 27.3 Å². The van der Waals surface area contributed by atoms with E-state index in [0.717, 1.165) is 17.5 Å². The van der Waals surface area contributed by atoms with E-state index >= 15 is 0 Å². The van der Waals surface area contributed by atoms with Crippen LogP contribution in [0, 0.1) is 6.92 Å². The van der Waals surface area contributed by atoms with E-state index in [1.807, 2.05) is 37.3 Å². The summed E-state index contributed by atoms with van der Waals surface area (Å²) < 4.78 is 7.45. The molecule has 1 N–H and O–H groups in total. The fourth-order valence-corrected chi connectivity index (χ4v) is 3.22. The Balaban J connectivity index is 1.50. The van der Waals surface area contributed by atoms with E-state index in [9.17, 15) is 4.79 Å². The average molecular weight is 348 g/mol. The summed E-state index contributed by atoms with van der Waals surface area (Å²) in [5.74, 6) is 1.16. The molecule has 0 saturated carbocycles. The zero-order chi connectivity index (χ0) is 17.9. The fourth-order valence-electron chi connectivity index (χ4n) is 3.22. The molecule has 2 aromatic heterocycles. The molecule has 1 atom stereocenters. The van der Waals surface area contributed by atoms with Crippen molar-refractivity contribution >= 4 is 11.7 Å². The Morgan fingerprint density at radius 1 is 1.27 bits per heavy atom. The van der Waals surface area contributed by atoms with Gasteiger partial charge >= 0.3 is 0 Å². The Morgan fingerprint density at radius 3 is 3.04 bits per heavy atom. The maximum atomic E-state index is 12.6. The molecule has 0 saturated heterocycles. The smallest absolute Gasteiger partial charge is 0.228 e. The number of fused-ring (bicyclic) bond motifs is 1. The van der Waals surface area contributed by atoms with Crippen molar-refractivity contribution in [2.75, 3.05) is 11.9 Å². The Bertz CT molecular complexity index is 935. The van der Waals surface area contributed by atoms with Crippen molar-refractivity contribution in [3.8, 4) is 5.82 Å². The lowest BCUT2D eigenvalue weighted by molar-refractivity contribution is -0.119. The maximum absolute atomic E-state index is 12.6. The summed E-state index contributed by atoms with van der Waals surface area (Å²) in [4.78, 5) is 16.9. The van der Waals surface area contributed by atoms with E-state index in [4.69, 9.17) is 4.74 Å². The standard InChI is InChI=1S/C20H20N4O2/c1-14-6-9-21-19(12-14)24-18(7-10-22-24)23-20(25)13-17-16-5-3-2-4-15(16)8-11-26-17/h2-7,9-10,12,17H,8,11,13H2,1H3,(H,23,25)/t17-/m0/s1. The van der Waals surface area contributed by atoms with Gasteiger partial charge in [-0.3, -0.25) is 4.79 Å². The molecule has 1 amide bonds. The van der Waals surface area contributed by atoms with Gasteiger partial charge in [-0.15, -0.1) is 0 Å². The molecule has 1 aromatic carbocycles. The first-order chi connectivity index (χ1) is 12.7. The van der Waals surface area contributed by atoms with Gasteiger partial charge in [-0.2, -0.15) is 9.78 Å². The Morgan fingerprint density at radius 2 is 2.15 bits per heavy atom. The van der Waals surface area contributed by atoms with Crippen molar-refractivity contribution in [2.24, 2.45) is 0 Å². The Kier molecular flexibility index (Phi) is 4.50. The van der Waals surface area contributed by atoms with Crippen molar-refractivity contribution in [1.82, 2.24) is 14.8 Å². The molecule has 0 bridgehead atoms. The van der Waals surface area contributed by atoms with Gasteiger partial charge in [0.25, 0.3) is 0 Å². The second-order valence-corrected chi connectivity index (χ2v) is 6.38. The van der Waals surface area contributed by atoms with Crippen LogP contribution in [-0.2, 0) is 16.0 Å². The Hall–Kier alpha value is -2.99. The number of aromatic nitrogens is 3. The second kappa shape index (κ2) is 7.09. The quantitative estimate of drug-likeness (QED) is 0.786. The summed E-state index contributed by atoms with van der Waals surface area (Å²) in [6.45, 7) is 2.63. The lowest BCUT2D eigenvalue weighted by atomic mass is 9.96. The van der Waals surface area contributed by atoms with E-state index in [0.29, 0.717) is 18.2 Å². The lowest BCUT2D eigenvalue weighted by Crippen LogP contribution is -2.23. The summed E-state index contributed by atoms with van der Waals surface area (Å²) in [7, 11) is 0. The normalized spacial score (nSPS) is 16.1. The van der Waals surface area contributed by atoms with Gasteiger partial charge in [0.1, 0.15) is 5.82 Å². The number of benzene rings is 1. The molecule has 1 aliphatic heterocycles. The fraction of sp³-hybridized carbons (Fsp3) is 0.250. The largest absolute Gasteiger partial charge is 0.373 e. The number of carbonyl (C=O) groups is 1. The van der Waals surface area contributed by atoms with Gasteiger partial charge in [-0.25, -0.2) is 4.98 Å². The molecule has 0 radical (unpaired) electrons. The second-order valence-electron chi connectivity index (χ2n) is 6.38. The third-order valence-corrected chi connectivity index (χ3v) is 4.49. The number of aryl methyl sites for hydroxylation is 1. The van der Waals surface area contributed by atoms with Gasteiger partial charge in [0.05, 0.1) is 25.3 Å². The van der Waals surface area contributed by atoms with Gasteiger partial charge in [0, 0.05) is 12.3 Å². The molecule has 0 fully saturated rings. The number of ether oxygens (including phenoxy) is 1. The predicted molar refractivity (Wildman–Crippen MR) is 98.2 cm³/mol. The molecule has 3 aromatic rings. The van der Waals surface area contributed by atoms with Crippen molar-refractivity contribution in [2.45, 2.75) is 25.9 Å². The van der Waals surface area contributed by atoms with E-state index in [2.05, 4.69) is 21.5 Å². The Labute approximate surface area is 151 Å². The number of nitrogens with zero attached hydrogens (tertiary/aromatic N) is 3. The van der Waals surface area contributed by atoms with Crippen LogP contribution in [0.4, 0.5) is 5.82 Å². The summed E-state index contributed by atoms with van der Waals surface area (Å²) in [5.41, 5.74) is 3.43. The number of amides is 1. The molecule has 6 nitrogen and oxygen atoms in total. The highest BCUT2D eigenvalue weighted by Gasteiger charge is 2.23. The van der Waals surface area contributed by atoms with Crippen molar-refractivity contribution in [3.05, 3.63) is 71.5 Å². The molecular formula is C20H20N4O2. The van der Waals surface area contributed by atoms with Crippen LogP contribution in [0.1, 0.15) is 29.2 Å². The highest BCUT2D eigenvalue weighted by Crippen LogP contribution is 2.29. The number of nitrogens with one attached hydrogen (secondary N) is 1. The molecule has 0 spiro atoms. The predicted octanol–water partition coefficient (Wildman–Crippen LogP) is 3.22. The van der Waals surface area contributed by atoms with Crippen LogP contribution in [0.2, 0.25) is 0 Å². The first-order valence-corrected chi connectivity index (χ1v) is 8.67. The van der Waals surface area contributed by atoms with Gasteiger partial charge < -0.3 is 10.1 Å². The first-order valence-electron chi connectivity index (χ1n) is 8.67. The van der Waals surface area contributed by atoms with Crippen LogP contribution in [0.3, 0.4) is 0 Å². The minimum Gasteiger partial charge on any atom is -0.373 e. The molecule has 132 valence electrons. The van der Waals surface area contributed by atoms with Crippen LogP contribution < -0.4 is 5.32 Å². The molecule has 1 aliphatic rings. The molecule has 3 heterocycles. The number of rotatable bonds is 4. The number of anilines is 1. The number of hydrogen-bond acceptors (Lipinski definition) is 4. The SMILES string of the molecule is Cc1ccnc(-n2nccc2NC(=O)C[C@@H]2OCCc3ccccc32)c1. The van der Waals surface area contributed by atoms with Crippen LogP contribution in [0.5, 0.6) is 0 Å². The summed E-state index contributed by atoms with van der Waals surface area (Å²) in [6, 6.07) is 13.7. The van der Waals surface area contributed by atoms with E-state index in [1.54, 1.807) is 23.1 Å². The van der Waals surface area contributed by atoms with Gasteiger partial charge in [0.2, 0.25) is 5.91 Å². The molecule has 6 heteroatoms. The van der Waals surface area contributed by atoms with Gasteiger partial charge in [-0.05, 0) is 42.2 Å². The van der Waals surface area contributed by atoms with E-state index in [-0.39, 0.29) is 18.4 Å². The lowest BCUT2D eigenvalue weighted by Gasteiger charge is -2.25. The highest BCUT2D eigenvalue weighted by molar-refractivity contribution is 5.90. The summed E-state index contributed by atoms with van der Waals surface area (Å²) in [6.07, 6.45) is 4.31. The first kappa shape index (κ1) is 16.5. The van der Waals surface area contributed by atoms with E-state index in [1.165, 1.54) is 5.56 Å². The molecule has 26 heavy (non-hydrogen) atoms. The number of pyridine rings is 1. The zero-order valence-electron chi connectivity index (χ0n) is 14.6. The minimum absolute atomic E-state index is 0.110. The third-order valence-electron chi connectivity index (χ3n) is 4.49. The third kappa shape index (κ3) is 3.36. The monoisotopic (exact) mass is 348 g/mol. The van der Waals surface area contributed by atoms with Crippen molar-refractivity contribution in [3.63, 3.8) is 0 Å². The van der Waals surface area contributed by atoms with Crippen LogP contribution in [0.15, 0.2) is 54.9 Å². The molecule has 4 rings (SSSR count). The van der Waals surface area contributed by atoms with Gasteiger partial charge in [0.15, 0.2) is 5.82 Å². The molecular weight excluding hydrogens is 328 g/mol. The van der Waals surface area contributed by atoms with Crippen LogP contribution >= 0.6 is 0 Å². The number of carbonyl (C=O) groups excluding carboxylic acids is 1. The average Bonchev–Trinajstić information content (AvgIpc) is 3.10. The van der Waals surface area contributed by atoms with E-state index < -0.39 is 0 Å². The number of hydrogen-bond donors (Lipinski definition) is 1. The van der Waals surface area contributed by atoms with Gasteiger partial charge in [-0.1, -0.05) is 24.3 Å². The van der Waals surface area contributed by atoms with Crippen molar-refractivity contribution < 1.29 is 9.53 Å². The minimum atomic E-state index is -0.214. The molecule has 0 unspecified atom stereocenters. The topological polar surface area (TPSA) is 69.0 Å². The highest BCUT2D eigenvalue weighted by atomic mass is 16.5. The summed E-state index contributed by atoms with van der Waals surface area (Å²) >= 11 is 0. The van der Waals surface area contributed by atoms with Crippen LogP contribution in [0.25, 0.3) is 5.82 Å².